The summed E-state index contributed by atoms with van der Waals surface area (Å²) in [5.74, 6) is -0.197. The van der Waals surface area contributed by atoms with Gasteiger partial charge in [-0.3, -0.25) is 4.79 Å². The van der Waals surface area contributed by atoms with Gasteiger partial charge in [0.25, 0.3) is 5.91 Å². The summed E-state index contributed by atoms with van der Waals surface area (Å²) in [6.07, 6.45) is 0.806. The maximum absolute atomic E-state index is 11.8. The van der Waals surface area contributed by atoms with Crippen LogP contribution in [0.1, 0.15) is 35.8 Å². The third-order valence-corrected chi connectivity index (χ3v) is 3.12. The van der Waals surface area contributed by atoms with E-state index >= 15 is 0 Å². The van der Waals surface area contributed by atoms with Crippen molar-refractivity contribution in [2.75, 3.05) is 6.54 Å². The van der Waals surface area contributed by atoms with Gasteiger partial charge >= 0.3 is 0 Å². The topological polar surface area (TPSA) is 88.2 Å². The molecule has 96 valence electrons. The maximum atomic E-state index is 11.8. The van der Waals surface area contributed by atoms with Gasteiger partial charge in [-0.05, 0) is 26.8 Å². The number of amides is 1. The number of aromatic nitrogens is 1. The van der Waals surface area contributed by atoms with Crippen molar-refractivity contribution in [3.05, 3.63) is 16.1 Å². The highest BCUT2D eigenvalue weighted by atomic mass is 32.1. The van der Waals surface area contributed by atoms with Crippen molar-refractivity contribution in [3.8, 4) is 0 Å². The lowest BCUT2D eigenvalue weighted by Crippen LogP contribution is -2.34. The fraction of sp³-hybridized carbons (Fsp3) is 0.636. The Morgan fingerprint density at radius 1 is 1.65 bits per heavy atom. The van der Waals surface area contributed by atoms with Gasteiger partial charge in [-0.1, -0.05) is 0 Å². The van der Waals surface area contributed by atoms with E-state index in [9.17, 15) is 9.90 Å². The summed E-state index contributed by atoms with van der Waals surface area (Å²) in [5.41, 5.74) is 5.85. The van der Waals surface area contributed by atoms with E-state index in [2.05, 4.69) is 10.3 Å². The molecule has 1 rings (SSSR count). The van der Waals surface area contributed by atoms with Gasteiger partial charge in [-0.25, -0.2) is 4.98 Å². The summed E-state index contributed by atoms with van der Waals surface area (Å²) in [6, 6.07) is -0.0674. The highest BCUT2D eigenvalue weighted by Crippen LogP contribution is 2.10. The minimum atomic E-state index is -0.423. The normalized spacial score (nSPS) is 14.4. The Morgan fingerprint density at radius 2 is 2.35 bits per heavy atom. The summed E-state index contributed by atoms with van der Waals surface area (Å²) in [5, 5.41) is 14.6. The van der Waals surface area contributed by atoms with Crippen LogP contribution in [0.25, 0.3) is 0 Å². The third kappa shape index (κ3) is 4.80. The lowest BCUT2D eigenvalue weighted by molar-refractivity contribution is 0.0918. The Labute approximate surface area is 105 Å². The first-order chi connectivity index (χ1) is 8.02. The van der Waals surface area contributed by atoms with Gasteiger partial charge in [0.2, 0.25) is 0 Å². The molecule has 1 heterocycles. The number of hydrogen-bond acceptors (Lipinski definition) is 5. The molecule has 17 heavy (non-hydrogen) atoms. The van der Waals surface area contributed by atoms with E-state index < -0.39 is 6.10 Å². The quantitative estimate of drug-likeness (QED) is 0.694. The first-order valence-corrected chi connectivity index (χ1v) is 6.54. The molecule has 0 saturated carbocycles. The maximum Gasteiger partial charge on any atom is 0.270 e. The van der Waals surface area contributed by atoms with Crippen molar-refractivity contribution in [1.29, 1.82) is 0 Å². The van der Waals surface area contributed by atoms with Gasteiger partial charge in [-0.15, -0.1) is 11.3 Å². The van der Waals surface area contributed by atoms with Crippen molar-refractivity contribution in [2.45, 2.75) is 38.8 Å². The fourth-order valence-electron chi connectivity index (χ4n) is 1.52. The van der Waals surface area contributed by atoms with Gasteiger partial charge in [0, 0.05) is 17.8 Å². The van der Waals surface area contributed by atoms with Crippen LogP contribution in [0.15, 0.2) is 5.38 Å². The molecule has 2 unspecified atom stereocenters. The second-order valence-electron chi connectivity index (χ2n) is 4.12. The van der Waals surface area contributed by atoms with Crippen LogP contribution >= 0.6 is 11.3 Å². The number of hydrogen-bond donors (Lipinski definition) is 3. The molecule has 0 fully saturated rings. The van der Waals surface area contributed by atoms with Gasteiger partial charge in [0.15, 0.2) is 0 Å². The number of carbonyl (C=O) groups excluding carboxylic acids is 1. The summed E-state index contributed by atoms with van der Waals surface area (Å²) < 4.78 is 0. The number of nitrogens with one attached hydrogen (secondary N) is 1. The fourth-order valence-corrected chi connectivity index (χ4v) is 2.32. The molecular weight excluding hydrogens is 238 g/mol. The molecule has 0 aliphatic heterocycles. The molecule has 4 N–H and O–H groups in total. The number of aliphatic hydroxyl groups is 1. The molecular formula is C11H19N3O2S. The molecule has 0 saturated heterocycles. The van der Waals surface area contributed by atoms with Crippen LogP contribution < -0.4 is 11.1 Å². The van der Waals surface area contributed by atoms with Crippen molar-refractivity contribution < 1.29 is 9.90 Å². The Balaban J connectivity index is 2.51. The van der Waals surface area contributed by atoms with E-state index in [1.165, 1.54) is 11.3 Å². The average Bonchev–Trinajstić information content (AvgIpc) is 2.65. The van der Waals surface area contributed by atoms with E-state index in [1.807, 2.05) is 6.92 Å². The average molecular weight is 257 g/mol. The van der Waals surface area contributed by atoms with Crippen LogP contribution in [0.3, 0.4) is 0 Å². The van der Waals surface area contributed by atoms with Gasteiger partial charge < -0.3 is 16.2 Å². The Bertz CT molecular complexity index is 365. The summed E-state index contributed by atoms with van der Waals surface area (Å²) in [6.45, 7) is 4.09. The first kappa shape index (κ1) is 14.1. The number of carbonyl (C=O) groups is 1. The highest BCUT2D eigenvalue weighted by Gasteiger charge is 2.14. The smallest absolute Gasteiger partial charge is 0.270 e. The van der Waals surface area contributed by atoms with Crippen molar-refractivity contribution in [2.24, 2.45) is 5.73 Å². The molecule has 1 amide bonds. The van der Waals surface area contributed by atoms with Crippen molar-refractivity contribution in [1.82, 2.24) is 10.3 Å². The zero-order valence-electron chi connectivity index (χ0n) is 10.1. The zero-order valence-corrected chi connectivity index (χ0v) is 11.0. The molecule has 1 aromatic heterocycles. The third-order valence-electron chi connectivity index (χ3n) is 2.21. The number of rotatable bonds is 6. The Kier molecular flexibility index (Phi) is 5.54. The largest absolute Gasteiger partial charge is 0.393 e. The summed E-state index contributed by atoms with van der Waals surface area (Å²) in [4.78, 5) is 16.0. The lowest BCUT2D eigenvalue weighted by Gasteiger charge is -2.14. The monoisotopic (exact) mass is 257 g/mol. The Morgan fingerprint density at radius 3 is 2.94 bits per heavy atom. The molecule has 0 aliphatic carbocycles. The number of nitrogens with zero attached hydrogens (tertiary/aromatic N) is 1. The van der Waals surface area contributed by atoms with Crippen LogP contribution in [0, 0.1) is 0 Å². The lowest BCUT2D eigenvalue weighted by atomic mass is 10.1. The molecule has 0 radical (unpaired) electrons. The molecule has 6 heteroatoms. The minimum absolute atomic E-state index is 0.0674. The molecule has 0 aromatic carbocycles. The van der Waals surface area contributed by atoms with E-state index in [-0.39, 0.29) is 11.9 Å². The van der Waals surface area contributed by atoms with Crippen LogP contribution in [0.5, 0.6) is 0 Å². The number of thiazole rings is 1. The number of aliphatic hydroxyl groups excluding tert-OH is 1. The van der Waals surface area contributed by atoms with Crippen LogP contribution in [0.4, 0.5) is 0 Å². The number of nitrogens with two attached hydrogens (primary N) is 1. The van der Waals surface area contributed by atoms with Crippen molar-refractivity contribution >= 4 is 17.2 Å². The van der Waals surface area contributed by atoms with Crippen LogP contribution in [-0.4, -0.2) is 34.7 Å². The second-order valence-corrected chi connectivity index (χ2v) is 5.07. The molecule has 0 bridgehead atoms. The summed E-state index contributed by atoms with van der Waals surface area (Å²) in [7, 11) is 0. The van der Waals surface area contributed by atoms with Crippen LogP contribution in [0.2, 0.25) is 0 Å². The highest BCUT2D eigenvalue weighted by molar-refractivity contribution is 7.09. The van der Waals surface area contributed by atoms with E-state index in [4.69, 9.17) is 5.73 Å². The molecule has 1 aromatic rings. The second kappa shape index (κ2) is 6.68. The van der Waals surface area contributed by atoms with E-state index in [0.29, 0.717) is 25.1 Å². The summed E-state index contributed by atoms with van der Waals surface area (Å²) >= 11 is 1.44. The molecule has 0 spiro atoms. The van der Waals surface area contributed by atoms with Crippen LogP contribution in [-0.2, 0) is 6.42 Å². The molecule has 0 aliphatic rings. The Hall–Kier alpha value is -0.980. The molecule has 2 atom stereocenters. The van der Waals surface area contributed by atoms with Crippen molar-refractivity contribution in [3.63, 3.8) is 0 Å². The SMILES string of the molecule is CC(O)CC(C)NC(=O)c1csc(CCN)n1. The van der Waals surface area contributed by atoms with E-state index in [0.717, 1.165) is 5.01 Å². The predicted octanol–water partition coefficient (Wildman–Crippen LogP) is 0.533. The molecule has 5 nitrogen and oxygen atoms in total. The van der Waals surface area contributed by atoms with Gasteiger partial charge in [0.1, 0.15) is 5.69 Å². The predicted molar refractivity (Wildman–Crippen MR) is 68.1 cm³/mol. The minimum Gasteiger partial charge on any atom is -0.393 e. The van der Waals surface area contributed by atoms with E-state index in [1.54, 1.807) is 12.3 Å². The zero-order chi connectivity index (χ0) is 12.8. The van der Waals surface area contributed by atoms with Gasteiger partial charge in [-0.2, -0.15) is 0 Å². The first-order valence-electron chi connectivity index (χ1n) is 5.66. The van der Waals surface area contributed by atoms with Gasteiger partial charge in [0.05, 0.1) is 11.1 Å². The standard InChI is InChI=1S/C11H19N3O2S/c1-7(5-8(2)15)13-11(16)9-6-17-10(14-9)3-4-12/h6-8,15H,3-5,12H2,1-2H3,(H,13,16).